The van der Waals surface area contributed by atoms with Crippen LogP contribution in [0.3, 0.4) is 0 Å². The number of aromatic nitrogens is 1. The number of hydrogen-bond acceptors (Lipinski definition) is 6. The Morgan fingerprint density at radius 2 is 1.89 bits per heavy atom. The fraction of sp³-hybridized carbons (Fsp3) is 0.640. The summed E-state index contributed by atoms with van der Waals surface area (Å²) in [4.78, 5) is 38.3. The van der Waals surface area contributed by atoms with Gasteiger partial charge in [0, 0.05) is 44.5 Å². The quantitative estimate of drug-likeness (QED) is 0.0918. The molecule has 1 aliphatic rings. The molecular weight excluding hydrogens is 446 g/mol. The van der Waals surface area contributed by atoms with E-state index in [1.807, 2.05) is 6.19 Å². The van der Waals surface area contributed by atoms with E-state index in [0.717, 1.165) is 57.1 Å². The molecule has 0 unspecified atom stereocenters. The van der Waals surface area contributed by atoms with Gasteiger partial charge in [0.2, 0.25) is 17.8 Å². The summed E-state index contributed by atoms with van der Waals surface area (Å²) in [6.45, 7) is 3.09. The topological polar surface area (TPSA) is 132 Å². The first-order chi connectivity index (χ1) is 17.1. The number of carbonyl (C=O) groups is 2. The molecule has 2 rings (SSSR count). The van der Waals surface area contributed by atoms with Gasteiger partial charge >= 0.3 is 0 Å². The first-order valence-corrected chi connectivity index (χ1v) is 12.7. The lowest BCUT2D eigenvalue weighted by atomic mass is 9.98. The molecule has 1 fully saturated rings. The lowest BCUT2D eigenvalue weighted by molar-refractivity contribution is -0.211. The number of hydroxylamine groups is 2. The summed E-state index contributed by atoms with van der Waals surface area (Å²) in [7, 11) is 0. The molecule has 0 spiro atoms. The summed E-state index contributed by atoms with van der Waals surface area (Å²) in [6.07, 6.45) is 15.5. The number of anilines is 1. The maximum atomic E-state index is 12.8. The number of nitriles is 1. The molecular formula is C25H39N7O3. The lowest BCUT2D eigenvalue weighted by Crippen LogP contribution is -2.38. The third-order valence-electron chi connectivity index (χ3n) is 5.70. The van der Waals surface area contributed by atoms with Gasteiger partial charge in [-0.1, -0.05) is 32.1 Å². The summed E-state index contributed by atoms with van der Waals surface area (Å²) < 4.78 is 0. The third-order valence-corrected chi connectivity index (χ3v) is 5.70. The predicted molar refractivity (Wildman–Crippen MR) is 135 cm³/mol. The van der Waals surface area contributed by atoms with Gasteiger partial charge in [0.1, 0.15) is 0 Å². The van der Waals surface area contributed by atoms with Gasteiger partial charge in [-0.3, -0.25) is 29.7 Å². The zero-order valence-corrected chi connectivity index (χ0v) is 20.8. The molecule has 1 heterocycles. The number of amides is 2. The standard InChI is InChI=1S/C25H39N7O3/c1-21(33)28-16-9-19-32(35-23-10-5-4-6-11-23)24(34)12-7-2-3-8-15-29-25(30-20-26)31-22-13-17-27-18-14-22/h13-14,17-18,23H,2-12,15-16,19H2,1H3,(H,28,33)(H2,27,29,30,31). The first-order valence-electron chi connectivity index (χ1n) is 12.7. The molecule has 3 N–H and O–H groups in total. The van der Waals surface area contributed by atoms with Crippen molar-refractivity contribution >= 4 is 23.5 Å². The molecule has 2 amide bonds. The van der Waals surface area contributed by atoms with Crippen LogP contribution in [0, 0.1) is 11.5 Å². The van der Waals surface area contributed by atoms with E-state index in [9.17, 15) is 9.59 Å². The van der Waals surface area contributed by atoms with Gasteiger partial charge in [0.25, 0.3) is 0 Å². The molecule has 0 saturated heterocycles. The Bertz CT molecular complexity index is 820. The molecule has 1 aromatic rings. The number of rotatable bonds is 14. The molecule has 10 heteroatoms. The van der Waals surface area contributed by atoms with Crippen LogP contribution in [0.2, 0.25) is 0 Å². The van der Waals surface area contributed by atoms with Crippen molar-refractivity contribution in [2.75, 3.05) is 25.0 Å². The minimum atomic E-state index is -0.0657. The van der Waals surface area contributed by atoms with Crippen molar-refractivity contribution < 1.29 is 14.4 Å². The van der Waals surface area contributed by atoms with Gasteiger partial charge in [0.05, 0.1) is 12.6 Å². The highest BCUT2D eigenvalue weighted by Gasteiger charge is 2.21. The van der Waals surface area contributed by atoms with E-state index in [0.29, 0.717) is 38.4 Å². The molecule has 0 aromatic carbocycles. The molecule has 0 radical (unpaired) electrons. The zero-order chi connectivity index (χ0) is 25.1. The molecule has 1 aromatic heterocycles. The largest absolute Gasteiger partial charge is 0.356 e. The van der Waals surface area contributed by atoms with E-state index in [-0.39, 0.29) is 17.9 Å². The van der Waals surface area contributed by atoms with Crippen LogP contribution in [0.5, 0.6) is 0 Å². The lowest BCUT2D eigenvalue weighted by Gasteiger charge is -2.29. The number of nitrogens with zero attached hydrogens (tertiary/aromatic N) is 4. The Labute approximate surface area is 208 Å². The number of unbranched alkanes of at least 4 members (excludes halogenated alkanes) is 3. The summed E-state index contributed by atoms with van der Waals surface area (Å²) in [5.41, 5.74) is 0.803. The second-order valence-corrected chi connectivity index (χ2v) is 8.69. The minimum absolute atomic E-state index is 0.0125. The molecule has 0 atom stereocenters. The van der Waals surface area contributed by atoms with Crippen molar-refractivity contribution in [1.82, 2.24) is 20.7 Å². The highest BCUT2D eigenvalue weighted by Crippen LogP contribution is 2.22. The van der Waals surface area contributed by atoms with E-state index in [4.69, 9.17) is 10.1 Å². The van der Waals surface area contributed by atoms with Gasteiger partial charge in [-0.25, -0.2) is 5.06 Å². The van der Waals surface area contributed by atoms with E-state index in [2.05, 4.69) is 25.9 Å². The first kappa shape index (κ1) is 28.1. The van der Waals surface area contributed by atoms with E-state index in [1.54, 1.807) is 24.5 Å². The molecule has 0 bridgehead atoms. The Morgan fingerprint density at radius 1 is 1.14 bits per heavy atom. The number of pyridine rings is 1. The van der Waals surface area contributed by atoms with Crippen molar-refractivity contribution in [2.45, 2.75) is 83.7 Å². The van der Waals surface area contributed by atoms with Crippen LogP contribution in [0.1, 0.15) is 77.6 Å². The van der Waals surface area contributed by atoms with Crippen molar-refractivity contribution in [1.29, 1.82) is 5.26 Å². The van der Waals surface area contributed by atoms with Crippen LogP contribution in [0.25, 0.3) is 0 Å². The summed E-state index contributed by atoms with van der Waals surface area (Å²) in [5, 5.41) is 18.8. The van der Waals surface area contributed by atoms with Gasteiger partial charge in [-0.15, -0.1) is 0 Å². The summed E-state index contributed by atoms with van der Waals surface area (Å²) >= 11 is 0. The number of aliphatic imine (C=N–C) groups is 1. The van der Waals surface area contributed by atoms with Crippen molar-refractivity contribution in [3.8, 4) is 6.19 Å². The maximum absolute atomic E-state index is 12.8. The fourth-order valence-electron chi connectivity index (χ4n) is 3.87. The number of nitrogens with one attached hydrogen (secondary N) is 3. The smallest absolute Gasteiger partial charge is 0.246 e. The van der Waals surface area contributed by atoms with Gasteiger partial charge < -0.3 is 10.6 Å². The molecule has 192 valence electrons. The van der Waals surface area contributed by atoms with E-state index < -0.39 is 0 Å². The third kappa shape index (κ3) is 12.7. The van der Waals surface area contributed by atoms with E-state index in [1.165, 1.54) is 18.4 Å². The average Bonchev–Trinajstić information content (AvgIpc) is 2.86. The highest BCUT2D eigenvalue weighted by atomic mass is 16.7. The molecule has 0 aliphatic heterocycles. The van der Waals surface area contributed by atoms with Crippen LogP contribution in [-0.4, -0.2) is 53.6 Å². The van der Waals surface area contributed by atoms with Gasteiger partial charge in [-0.2, -0.15) is 5.26 Å². The van der Waals surface area contributed by atoms with Crippen LogP contribution >= 0.6 is 0 Å². The molecule has 10 nitrogen and oxygen atoms in total. The van der Waals surface area contributed by atoms with Crippen molar-refractivity contribution in [2.24, 2.45) is 4.99 Å². The normalized spacial score (nSPS) is 14.1. The Kier molecular flexibility index (Phi) is 13.8. The number of hydrogen-bond donors (Lipinski definition) is 3. The second-order valence-electron chi connectivity index (χ2n) is 8.69. The van der Waals surface area contributed by atoms with Gasteiger partial charge in [-0.05, 0) is 44.2 Å². The minimum Gasteiger partial charge on any atom is -0.356 e. The molecule has 1 aliphatic carbocycles. The zero-order valence-electron chi connectivity index (χ0n) is 20.8. The maximum Gasteiger partial charge on any atom is 0.246 e. The summed E-state index contributed by atoms with van der Waals surface area (Å²) in [6, 6.07) is 3.60. The monoisotopic (exact) mass is 485 g/mol. The van der Waals surface area contributed by atoms with Crippen LogP contribution < -0.4 is 16.0 Å². The number of carbonyl (C=O) groups excluding carboxylic acids is 2. The van der Waals surface area contributed by atoms with Crippen molar-refractivity contribution in [3.63, 3.8) is 0 Å². The second kappa shape index (κ2) is 17.3. The Morgan fingerprint density at radius 3 is 2.60 bits per heavy atom. The van der Waals surface area contributed by atoms with Crippen LogP contribution in [0.15, 0.2) is 29.5 Å². The van der Waals surface area contributed by atoms with Crippen molar-refractivity contribution in [3.05, 3.63) is 24.5 Å². The summed E-state index contributed by atoms with van der Waals surface area (Å²) in [5.74, 6) is 0.353. The Hall–Kier alpha value is -3.19. The fourth-order valence-corrected chi connectivity index (χ4v) is 3.87. The molecule has 35 heavy (non-hydrogen) atoms. The van der Waals surface area contributed by atoms with Gasteiger partial charge in [0.15, 0.2) is 6.19 Å². The SMILES string of the molecule is CC(=O)NCCCN(OC1CCCCC1)C(=O)CCCCCCN=C(NC#N)Nc1ccncc1. The average molecular weight is 486 g/mol. The number of guanidine groups is 1. The molecule has 1 saturated carbocycles. The highest BCUT2D eigenvalue weighted by molar-refractivity contribution is 5.94. The van der Waals surface area contributed by atoms with Crippen LogP contribution in [-0.2, 0) is 14.4 Å². The van der Waals surface area contributed by atoms with Crippen LogP contribution in [0.4, 0.5) is 5.69 Å². The predicted octanol–water partition coefficient (Wildman–Crippen LogP) is 3.49. The van der Waals surface area contributed by atoms with E-state index >= 15 is 0 Å². The Balaban J connectivity index is 1.68.